The van der Waals surface area contributed by atoms with Gasteiger partial charge in [-0.05, 0) is 30.7 Å². The van der Waals surface area contributed by atoms with Crippen LogP contribution in [0.2, 0.25) is 0 Å². The first-order valence-electron chi connectivity index (χ1n) is 9.52. The molecule has 0 saturated carbocycles. The summed E-state index contributed by atoms with van der Waals surface area (Å²) in [5.41, 5.74) is 0.448. The fourth-order valence-corrected chi connectivity index (χ4v) is 5.48. The average Bonchev–Trinajstić information content (AvgIpc) is 3.06. The normalized spacial score (nSPS) is 24.0. The molecular formula is C19H28N2O6S. The van der Waals surface area contributed by atoms with E-state index in [9.17, 15) is 18.3 Å². The van der Waals surface area contributed by atoms with E-state index in [1.807, 2.05) is 0 Å². The van der Waals surface area contributed by atoms with E-state index in [2.05, 4.69) is 14.5 Å². The first kappa shape index (κ1) is 21.0. The van der Waals surface area contributed by atoms with Crippen LogP contribution < -0.4 is 4.74 Å². The number of carbonyl (C=O) groups excluding carboxylic acids is 1. The van der Waals surface area contributed by atoms with Crippen molar-refractivity contribution in [3.63, 3.8) is 0 Å². The van der Waals surface area contributed by atoms with Crippen molar-refractivity contribution in [3.05, 3.63) is 29.8 Å². The van der Waals surface area contributed by atoms with Crippen molar-refractivity contribution in [1.82, 2.24) is 9.80 Å². The summed E-state index contributed by atoms with van der Waals surface area (Å²) in [4.78, 5) is 15.8. The molecule has 0 amide bonds. The monoisotopic (exact) mass is 412 g/mol. The third-order valence-corrected chi connectivity index (χ3v) is 7.07. The lowest BCUT2D eigenvalue weighted by Crippen LogP contribution is -2.52. The van der Waals surface area contributed by atoms with Gasteiger partial charge in [-0.2, -0.15) is 0 Å². The Hall–Kier alpha value is -1.68. The third kappa shape index (κ3) is 5.66. The number of hydrogen-bond donors (Lipinski definition) is 1. The molecule has 9 heteroatoms. The molecule has 0 bridgehead atoms. The molecule has 1 aromatic carbocycles. The second-order valence-electron chi connectivity index (χ2n) is 7.37. The van der Waals surface area contributed by atoms with Crippen molar-refractivity contribution in [2.45, 2.75) is 18.6 Å². The largest absolute Gasteiger partial charge is 0.491 e. The molecule has 0 spiro atoms. The van der Waals surface area contributed by atoms with E-state index in [1.165, 1.54) is 7.11 Å². The molecule has 1 aromatic rings. The van der Waals surface area contributed by atoms with Crippen LogP contribution in [-0.2, 0) is 14.6 Å². The molecule has 2 heterocycles. The minimum Gasteiger partial charge on any atom is -0.491 e. The molecule has 28 heavy (non-hydrogen) atoms. The number of methoxy groups -OCH3 is 1. The van der Waals surface area contributed by atoms with Crippen LogP contribution in [0.15, 0.2) is 24.3 Å². The lowest BCUT2D eigenvalue weighted by Gasteiger charge is -2.38. The summed E-state index contributed by atoms with van der Waals surface area (Å²) in [6.07, 6.45) is 0.104. The smallest absolute Gasteiger partial charge is 0.337 e. The minimum atomic E-state index is -2.86. The van der Waals surface area contributed by atoms with Crippen molar-refractivity contribution < 1.29 is 27.8 Å². The fourth-order valence-electron chi connectivity index (χ4n) is 3.72. The molecule has 0 aliphatic carbocycles. The number of sulfone groups is 1. The summed E-state index contributed by atoms with van der Waals surface area (Å²) in [6, 6.07) is 6.74. The molecule has 2 fully saturated rings. The summed E-state index contributed by atoms with van der Waals surface area (Å²) < 4.78 is 33.5. The fraction of sp³-hybridized carbons (Fsp3) is 0.632. The Kier molecular flexibility index (Phi) is 6.92. The molecule has 0 radical (unpaired) electrons. The Labute approximate surface area is 165 Å². The summed E-state index contributed by atoms with van der Waals surface area (Å²) in [5, 5.41) is 10.3. The third-order valence-electron chi connectivity index (χ3n) is 5.32. The predicted octanol–water partition coefficient (Wildman–Crippen LogP) is 0.0176. The Balaban J connectivity index is 1.38. The highest BCUT2D eigenvalue weighted by Gasteiger charge is 2.33. The van der Waals surface area contributed by atoms with E-state index in [0.29, 0.717) is 23.6 Å². The number of ether oxygens (including phenoxy) is 2. The zero-order valence-electron chi connectivity index (χ0n) is 16.1. The Morgan fingerprint density at radius 1 is 1.21 bits per heavy atom. The minimum absolute atomic E-state index is 0.147. The summed E-state index contributed by atoms with van der Waals surface area (Å²) in [6.45, 7) is 3.93. The topological polar surface area (TPSA) is 96.4 Å². The van der Waals surface area contributed by atoms with Gasteiger partial charge in [0, 0.05) is 38.8 Å². The second-order valence-corrected chi connectivity index (χ2v) is 9.60. The Morgan fingerprint density at radius 3 is 2.46 bits per heavy atom. The van der Waals surface area contributed by atoms with Gasteiger partial charge in [-0.25, -0.2) is 13.2 Å². The maximum absolute atomic E-state index is 11.6. The van der Waals surface area contributed by atoms with Gasteiger partial charge in [0.1, 0.15) is 18.5 Å². The SMILES string of the molecule is COC(=O)c1ccc(OC[C@@H](O)CN2CCN([C@H]3CCS(=O)(=O)C3)CC2)cc1. The van der Waals surface area contributed by atoms with Gasteiger partial charge in [0.05, 0.1) is 24.2 Å². The molecule has 2 aliphatic heterocycles. The lowest BCUT2D eigenvalue weighted by molar-refractivity contribution is 0.0389. The van der Waals surface area contributed by atoms with Crippen LogP contribution in [0, 0.1) is 0 Å². The van der Waals surface area contributed by atoms with E-state index >= 15 is 0 Å². The first-order chi connectivity index (χ1) is 13.4. The average molecular weight is 413 g/mol. The van der Waals surface area contributed by atoms with Crippen LogP contribution in [0.3, 0.4) is 0 Å². The highest BCUT2D eigenvalue weighted by molar-refractivity contribution is 7.91. The molecule has 8 nitrogen and oxygen atoms in total. The maximum Gasteiger partial charge on any atom is 0.337 e. The van der Waals surface area contributed by atoms with Gasteiger partial charge in [-0.3, -0.25) is 9.80 Å². The Bertz CT molecular complexity index is 759. The molecule has 2 atom stereocenters. The molecule has 0 unspecified atom stereocenters. The van der Waals surface area contributed by atoms with Gasteiger partial charge in [0.2, 0.25) is 0 Å². The molecule has 3 rings (SSSR count). The lowest BCUT2D eigenvalue weighted by atomic mass is 10.2. The van der Waals surface area contributed by atoms with Crippen molar-refractivity contribution in [3.8, 4) is 5.75 Å². The van der Waals surface area contributed by atoms with Crippen LogP contribution in [0.5, 0.6) is 5.75 Å². The number of benzene rings is 1. The van der Waals surface area contributed by atoms with Crippen molar-refractivity contribution >= 4 is 15.8 Å². The highest BCUT2D eigenvalue weighted by atomic mass is 32.2. The van der Waals surface area contributed by atoms with Gasteiger partial charge in [-0.15, -0.1) is 0 Å². The zero-order valence-corrected chi connectivity index (χ0v) is 16.9. The molecule has 2 saturated heterocycles. The van der Waals surface area contributed by atoms with Gasteiger partial charge in [0.25, 0.3) is 0 Å². The number of carbonyl (C=O) groups is 1. The molecule has 2 aliphatic rings. The van der Waals surface area contributed by atoms with Gasteiger partial charge in [0.15, 0.2) is 9.84 Å². The second kappa shape index (κ2) is 9.21. The number of rotatable bonds is 7. The predicted molar refractivity (Wildman–Crippen MR) is 104 cm³/mol. The number of hydrogen-bond acceptors (Lipinski definition) is 8. The molecule has 0 aromatic heterocycles. The maximum atomic E-state index is 11.6. The number of nitrogens with zero attached hydrogens (tertiary/aromatic N) is 2. The van der Waals surface area contributed by atoms with Crippen LogP contribution in [0.4, 0.5) is 0 Å². The van der Waals surface area contributed by atoms with E-state index in [0.717, 1.165) is 32.6 Å². The number of β-amino-alcohol motifs (C(OH)–C–C–N with tert-alkyl or cyclic N) is 1. The molecule has 156 valence electrons. The van der Waals surface area contributed by atoms with Crippen molar-refractivity contribution in [2.24, 2.45) is 0 Å². The molecule has 1 N–H and O–H groups in total. The highest BCUT2D eigenvalue weighted by Crippen LogP contribution is 2.19. The van der Waals surface area contributed by atoms with E-state index in [1.54, 1.807) is 24.3 Å². The van der Waals surface area contributed by atoms with Crippen LogP contribution in [0.25, 0.3) is 0 Å². The zero-order chi connectivity index (χ0) is 20.1. The molecular weight excluding hydrogens is 384 g/mol. The van der Waals surface area contributed by atoms with Crippen LogP contribution in [-0.4, -0.2) is 99.4 Å². The number of piperazine rings is 1. The number of esters is 1. The summed E-state index contributed by atoms with van der Waals surface area (Å²) in [5.74, 6) is 0.757. The number of aliphatic hydroxyl groups is 1. The van der Waals surface area contributed by atoms with Gasteiger partial charge >= 0.3 is 5.97 Å². The van der Waals surface area contributed by atoms with Crippen LogP contribution in [0.1, 0.15) is 16.8 Å². The summed E-state index contributed by atoms with van der Waals surface area (Å²) >= 11 is 0. The van der Waals surface area contributed by atoms with Crippen molar-refractivity contribution in [1.29, 1.82) is 0 Å². The Morgan fingerprint density at radius 2 is 1.89 bits per heavy atom. The van der Waals surface area contributed by atoms with Crippen LogP contribution >= 0.6 is 0 Å². The van der Waals surface area contributed by atoms with Gasteiger partial charge in [-0.1, -0.05) is 0 Å². The summed E-state index contributed by atoms with van der Waals surface area (Å²) in [7, 11) is -1.53. The quantitative estimate of drug-likeness (QED) is 0.626. The van der Waals surface area contributed by atoms with Crippen molar-refractivity contribution in [2.75, 3.05) is 57.9 Å². The van der Waals surface area contributed by atoms with E-state index in [4.69, 9.17) is 4.74 Å². The van der Waals surface area contributed by atoms with E-state index in [-0.39, 0.29) is 18.4 Å². The van der Waals surface area contributed by atoms with Gasteiger partial charge < -0.3 is 14.6 Å². The standard InChI is InChI=1S/C19H28N2O6S/c1-26-19(23)15-2-4-18(5-3-15)27-13-17(22)12-20-7-9-21(10-8-20)16-6-11-28(24,25)14-16/h2-5,16-17,22H,6-14H2,1H3/t16-,17-/m0/s1. The van der Waals surface area contributed by atoms with E-state index < -0.39 is 21.9 Å². The first-order valence-corrected chi connectivity index (χ1v) is 11.3. The number of aliphatic hydroxyl groups excluding tert-OH is 1.